The number of aromatic nitrogens is 2. The topological polar surface area (TPSA) is 35.0 Å². The van der Waals surface area contributed by atoms with Crippen LogP contribution in [-0.4, -0.2) is 17.1 Å². The Balaban J connectivity index is 2.23. The fourth-order valence-electron chi connectivity index (χ4n) is 1.92. The van der Waals surface area contributed by atoms with Gasteiger partial charge in [0.05, 0.1) is 12.7 Å². The van der Waals surface area contributed by atoms with Crippen LogP contribution in [0.2, 0.25) is 5.15 Å². The number of halogens is 1. The van der Waals surface area contributed by atoms with E-state index in [1.807, 2.05) is 36.6 Å². The molecule has 19 heavy (non-hydrogen) atoms. The number of thiophene rings is 1. The van der Waals surface area contributed by atoms with Crippen molar-refractivity contribution in [2.24, 2.45) is 0 Å². The smallest absolute Gasteiger partial charge is 0.166 e. The van der Waals surface area contributed by atoms with Crippen molar-refractivity contribution in [1.82, 2.24) is 9.97 Å². The standard InChI is InChI=1S/C14H11ClN2OS/c1-8-3-4-9(11(7-8)18-2)13-16-12(15)10-5-6-19-14(10)17-13/h3-7H,1-2H3. The van der Waals surface area contributed by atoms with E-state index in [2.05, 4.69) is 9.97 Å². The number of rotatable bonds is 2. The number of benzene rings is 1. The molecule has 0 bridgehead atoms. The van der Waals surface area contributed by atoms with Crippen molar-refractivity contribution >= 4 is 33.2 Å². The second kappa shape index (κ2) is 4.79. The van der Waals surface area contributed by atoms with Crippen molar-refractivity contribution in [2.75, 3.05) is 7.11 Å². The maximum Gasteiger partial charge on any atom is 0.166 e. The Morgan fingerprint density at radius 3 is 2.84 bits per heavy atom. The first-order valence-corrected chi connectivity index (χ1v) is 7.00. The summed E-state index contributed by atoms with van der Waals surface area (Å²) in [7, 11) is 1.64. The van der Waals surface area contributed by atoms with Crippen LogP contribution in [0.4, 0.5) is 0 Å². The van der Waals surface area contributed by atoms with E-state index in [1.54, 1.807) is 18.4 Å². The number of methoxy groups -OCH3 is 1. The fraction of sp³-hybridized carbons (Fsp3) is 0.143. The molecule has 96 valence electrons. The van der Waals surface area contributed by atoms with E-state index in [1.165, 1.54) is 0 Å². The van der Waals surface area contributed by atoms with Gasteiger partial charge in [-0.1, -0.05) is 17.7 Å². The van der Waals surface area contributed by atoms with Gasteiger partial charge in [-0.2, -0.15) is 0 Å². The van der Waals surface area contributed by atoms with Crippen LogP contribution in [0.15, 0.2) is 29.6 Å². The molecule has 0 radical (unpaired) electrons. The highest BCUT2D eigenvalue weighted by Crippen LogP contribution is 2.32. The van der Waals surface area contributed by atoms with Crippen LogP contribution in [0.25, 0.3) is 21.6 Å². The van der Waals surface area contributed by atoms with Crippen LogP contribution in [0.5, 0.6) is 5.75 Å². The molecule has 0 unspecified atom stereocenters. The van der Waals surface area contributed by atoms with Crippen LogP contribution in [-0.2, 0) is 0 Å². The van der Waals surface area contributed by atoms with Crippen LogP contribution in [0, 0.1) is 6.92 Å². The Bertz CT molecular complexity index is 754. The summed E-state index contributed by atoms with van der Waals surface area (Å²) in [5.74, 6) is 1.35. The third-order valence-electron chi connectivity index (χ3n) is 2.88. The largest absolute Gasteiger partial charge is 0.496 e. The van der Waals surface area contributed by atoms with E-state index in [0.29, 0.717) is 11.0 Å². The number of hydrogen-bond donors (Lipinski definition) is 0. The van der Waals surface area contributed by atoms with Gasteiger partial charge in [0.25, 0.3) is 0 Å². The Morgan fingerprint density at radius 2 is 2.05 bits per heavy atom. The molecule has 0 saturated heterocycles. The van der Waals surface area contributed by atoms with Crippen molar-refractivity contribution in [2.45, 2.75) is 6.92 Å². The molecule has 0 fully saturated rings. The molecular formula is C14H11ClN2OS. The first-order valence-electron chi connectivity index (χ1n) is 5.75. The zero-order valence-corrected chi connectivity index (χ0v) is 12.0. The molecule has 5 heteroatoms. The second-order valence-electron chi connectivity index (χ2n) is 4.18. The van der Waals surface area contributed by atoms with E-state index in [9.17, 15) is 0 Å². The zero-order valence-electron chi connectivity index (χ0n) is 10.5. The average Bonchev–Trinajstić information content (AvgIpc) is 2.87. The van der Waals surface area contributed by atoms with Gasteiger partial charge in [-0.15, -0.1) is 11.3 Å². The number of nitrogens with zero attached hydrogens (tertiary/aromatic N) is 2. The Hall–Kier alpha value is -1.65. The highest BCUT2D eigenvalue weighted by molar-refractivity contribution is 7.16. The molecule has 0 N–H and O–H groups in total. The molecule has 0 aliphatic heterocycles. The fourth-order valence-corrected chi connectivity index (χ4v) is 2.98. The first-order chi connectivity index (χ1) is 9.19. The zero-order chi connectivity index (χ0) is 13.4. The van der Waals surface area contributed by atoms with Crippen LogP contribution < -0.4 is 4.74 Å². The average molecular weight is 291 g/mol. The van der Waals surface area contributed by atoms with Gasteiger partial charge in [0.15, 0.2) is 5.82 Å². The molecule has 0 atom stereocenters. The molecule has 0 spiro atoms. The molecule has 0 amide bonds. The van der Waals surface area contributed by atoms with Crippen molar-refractivity contribution in [3.8, 4) is 17.1 Å². The van der Waals surface area contributed by atoms with Crippen molar-refractivity contribution in [3.05, 3.63) is 40.4 Å². The van der Waals surface area contributed by atoms with Gasteiger partial charge in [0.1, 0.15) is 15.7 Å². The summed E-state index contributed by atoms with van der Waals surface area (Å²) in [4.78, 5) is 9.80. The second-order valence-corrected chi connectivity index (χ2v) is 5.43. The Morgan fingerprint density at radius 1 is 1.21 bits per heavy atom. The molecule has 0 aliphatic carbocycles. The van der Waals surface area contributed by atoms with Gasteiger partial charge in [-0.25, -0.2) is 9.97 Å². The summed E-state index contributed by atoms with van der Waals surface area (Å²) in [6, 6.07) is 7.86. The maximum atomic E-state index is 6.19. The minimum Gasteiger partial charge on any atom is -0.496 e. The van der Waals surface area contributed by atoms with Crippen molar-refractivity contribution in [1.29, 1.82) is 0 Å². The molecule has 3 aromatic rings. The number of hydrogen-bond acceptors (Lipinski definition) is 4. The minimum absolute atomic E-state index is 0.476. The third-order valence-corrected chi connectivity index (χ3v) is 3.97. The van der Waals surface area contributed by atoms with E-state index < -0.39 is 0 Å². The third kappa shape index (κ3) is 2.17. The minimum atomic E-state index is 0.476. The van der Waals surface area contributed by atoms with E-state index in [0.717, 1.165) is 27.1 Å². The highest BCUT2D eigenvalue weighted by Gasteiger charge is 2.12. The van der Waals surface area contributed by atoms with Crippen LogP contribution >= 0.6 is 22.9 Å². The lowest BCUT2D eigenvalue weighted by Gasteiger charge is -2.08. The molecule has 2 heterocycles. The lowest BCUT2D eigenvalue weighted by atomic mass is 10.1. The normalized spacial score (nSPS) is 10.9. The van der Waals surface area contributed by atoms with Gasteiger partial charge in [-0.3, -0.25) is 0 Å². The lowest BCUT2D eigenvalue weighted by Crippen LogP contribution is -1.94. The first kappa shape index (κ1) is 12.4. The quantitative estimate of drug-likeness (QED) is 0.659. The summed E-state index contributed by atoms with van der Waals surface area (Å²) < 4.78 is 5.39. The number of ether oxygens (including phenoxy) is 1. The van der Waals surface area contributed by atoms with Crippen LogP contribution in [0.1, 0.15) is 5.56 Å². The van der Waals surface area contributed by atoms with Gasteiger partial charge in [0.2, 0.25) is 0 Å². The van der Waals surface area contributed by atoms with E-state index in [-0.39, 0.29) is 0 Å². The molecule has 3 rings (SSSR count). The van der Waals surface area contributed by atoms with Gasteiger partial charge in [-0.05, 0) is 36.1 Å². The van der Waals surface area contributed by atoms with Crippen LogP contribution in [0.3, 0.4) is 0 Å². The molecule has 0 saturated carbocycles. The Labute approximate surface area is 119 Å². The molecule has 3 nitrogen and oxygen atoms in total. The molecule has 0 aliphatic rings. The predicted octanol–water partition coefficient (Wildman–Crippen LogP) is 4.33. The SMILES string of the molecule is COc1cc(C)ccc1-c1nc(Cl)c2ccsc2n1. The van der Waals surface area contributed by atoms with Gasteiger partial charge in [0, 0.05) is 5.39 Å². The Kier molecular flexibility index (Phi) is 3.12. The monoisotopic (exact) mass is 290 g/mol. The maximum absolute atomic E-state index is 6.19. The summed E-state index contributed by atoms with van der Waals surface area (Å²) in [5.41, 5.74) is 1.98. The van der Waals surface area contributed by atoms with Gasteiger partial charge < -0.3 is 4.74 Å². The van der Waals surface area contributed by atoms with Crippen molar-refractivity contribution < 1.29 is 4.74 Å². The predicted molar refractivity (Wildman–Crippen MR) is 79.2 cm³/mol. The molecule has 2 aromatic heterocycles. The summed E-state index contributed by atoms with van der Waals surface area (Å²) >= 11 is 7.75. The van der Waals surface area contributed by atoms with Crippen molar-refractivity contribution in [3.63, 3.8) is 0 Å². The number of aryl methyl sites for hydroxylation is 1. The number of fused-ring (bicyclic) bond motifs is 1. The lowest BCUT2D eigenvalue weighted by molar-refractivity contribution is 0.416. The van der Waals surface area contributed by atoms with E-state index >= 15 is 0 Å². The van der Waals surface area contributed by atoms with Gasteiger partial charge >= 0.3 is 0 Å². The molecule has 1 aromatic carbocycles. The van der Waals surface area contributed by atoms with E-state index in [4.69, 9.17) is 16.3 Å². The summed E-state index contributed by atoms with van der Waals surface area (Å²) in [6.45, 7) is 2.02. The summed E-state index contributed by atoms with van der Waals surface area (Å²) in [6.07, 6.45) is 0. The molecular weight excluding hydrogens is 280 g/mol. The summed E-state index contributed by atoms with van der Waals surface area (Å²) in [5, 5.41) is 3.33. The highest BCUT2D eigenvalue weighted by atomic mass is 35.5.